The molecule has 0 bridgehead atoms. The van der Waals surface area contributed by atoms with E-state index in [2.05, 4.69) is 19.2 Å². The number of carbonyl (C=O) groups excluding carboxylic acids is 1. The molecule has 0 heterocycles. The first-order valence-corrected chi connectivity index (χ1v) is 6.73. The largest absolute Gasteiger partial charge is 0.480 e. The van der Waals surface area contributed by atoms with Crippen LogP contribution in [0.15, 0.2) is 0 Å². The van der Waals surface area contributed by atoms with Crippen molar-refractivity contribution in [3.05, 3.63) is 0 Å². The molecule has 2 atom stereocenters. The molecule has 0 aliphatic rings. The number of nitrogens with one attached hydrogen (secondary N) is 1. The van der Waals surface area contributed by atoms with E-state index >= 15 is 0 Å². The Morgan fingerprint density at radius 1 is 1.21 bits per heavy atom. The summed E-state index contributed by atoms with van der Waals surface area (Å²) in [5, 5.41) is 11.8. The molecule has 0 saturated carbocycles. The number of carboxylic acids is 1. The monoisotopic (exact) mass is 272 g/mol. The van der Waals surface area contributed by atoms with E-state index in [9.17, 15) is 14.7 Å². The lowest BCUT2D eigenvalue weighted by atomic mass is 9.87. The summed E-state index contributed by atoms with van der Waals surface area (Å²) in [6, 6.07) is -1.15. The van der Waals surface area contributed by atoms with Crippen LogP contribution in [0.5, 0.6) is 0 Å². The first-order valence-electron chi connectivity index (χ1n) is 6.73. The van der Waals surface area contributed by atoms with Crippen LogP contribution in [-0.4, -0.2) is 41.1 Å². The van der Waals surface area contributed by atoms with Crippen LogP contribution in [0.3, 0.4) is 0 Å². The van der Waals surface area contributed by atoms with Crippen LogP contribution in [0.4, 0.5) is 4.79 Å². The normalized spacial score (nSPS) is 14.9. The highest BCUT2D eigenvalue weighted by Crippen LogP contribution is 2.20. The van der Waals surface area contributed by atoms with Gasteiger partial charge in [-0.05, 0) is 24.7 Å². The molecule has 0 aromatic carbocycles. The summed E-state index contributed by atoms with van der Waals surface area (Å²) in [4.78, 5) is 24.9. The fraction of sp³-hybridized carbons (Fsp3) is 0.857. The number of carboxylic acid groups (broad SMARTS) is 1. The molecular weight excluding hydrogens is 244 g/mol. The SMILES string of the molecule is CC(C)CC(C)N(C)C(=O)N[C@@H](C(=O)O)C(C)(C)C. The number of amides is 2. The minimum Gasteiger partial charge on any atom is -0.480 e. The van der Waals surface area contributed by atoms with Gasteiger partial charge in [0.05, 0.1) is 0 Å². The maximum Gasteiger partial charge on any atom is 0.326 e. The number of rotatable bonds is 5. The zero-order valence-corrected chi connectivity index (χ0v) is 13.2. The first-order chi connectivity index (χ1) is 8.46. The average molecular weight is 272 g/mol. The zero-order valence-electron chi connectivity index (χ0n) is 13.2. The van der Waals surface area contributed by atoms with Gasteiger partial charge in [-0.25, -0.2) is 9.59 Å². The lowest BCUT2D eigenvalue weighted by Crippen LogP contribution is -2.54. The minimum atomic E-state index is -1.01. The standard InChI is InChI=1S/C14H28N2O3/c1-9(2)8-10(3)16(7)13(19)15-11(12(17)18)14(4,5)6/h9-11H,8H2,1-7H3,(H,15,19)(H,17,18)/t10?,11-/m0/s1. The molecule has 0 fully saturated rings. The Hall–Kier alpha value is -1.26. The highest BCUT2D eigenvalue weighted by molar-refractivity contribution is 5.83. The molecule has 0 aromatic rings. The summed E-state index contributed by atoms with van der Waals surface area (Å²) in [6.07, 6.45) is 0.886. The Labute approximate surface area is 116 Å². The molecule has 0 aromatic heterocycles. The minimum absolute atomic E-state index is 0.0782. The van der Waals surface area contributed by atoms with Crippen molar-refractivity contribution in [3.63, 3.8) is 0 Å². The van der Waals surface area contributed by atoms with E-state index in [1.165, 1.54) is 0 Å². The predicted octanol–water partition coefficient (Wildman–Crippen LogP) is 2.56. The second kappa shape index (κ2) is 6.78. The fourth-order valence-electron chi connectivity index (χ4n) is 1.91. The maximum atomic E-state index is 12.1. The first kappa shape index (κ1) is 17.7. The van der Waals surface area contributed by atoms with Gasteiger partial charge in [-0.1, -0.05) is 34.6 Å². The quantitative estimate of drug-likeness (QED) is 0.808. The van der Waals surface area contributed by atoms with Gasteiger partial charge in [-0.15, -0.1) is 0 Å². The van der Waals surface area contributed by atoms with Crippen molar-refractivity contribution < 1.29 is 14.7 Å². The molecule has 112 valence electrons. The van der Waals surface area contributed by atoms with Crippen molar-refractivity contribution >= 4 is 12.0 Å². The van der Waals surface area contributed by atoms with Crippen molar-refractivity contribution in [2.45, 2.75) is 60.0 Å². The second-order valence-electron chi connectivity index (χ2n) is 6.68. The van der Waals surface area contributed by atoms with Gasteiger partial charge in [0.1, 0.15) is 6.04 Å². The lowest BCUT2D eigenvalue weighted by Gasteiger charge is -2.32. The molecule has 0 spiro atoms. The van der Waals surface area contributed by atoms with E-state index in [1.54, 1.807) is 32.7 Å². The Morgan fingerprint density at radius 3 is 2.00 bits per heavy atom. The van der Waals surface area contributed by atoms with E-state index in [4.69, 9.17) is 0 Å². The molecule has 5 heteroatoms. The lowest BCUT2D eigenvalue weighted by molar-refractivity contribution is -0.142. The van der Waals surface area contributed by atoms with E-state index in [0.717, 1.165) is 6.42 Å². The zero-order chi connectivity index (χ0) is 15.4. The Morgan fingerprint density at radius 2 is 1.68 bits per heavy atom. The number of hydrogen-bond acceptors (Lipinski definition) is 2. The van der Waals surface area contributed by atoms with Crippen LogP contribution < -0.4 is 5.32 Å². The molecule has 0 aliphatic carbocycles. The summed E-state index contributed by atoms with van der Waals surface area (Å²) < 4.78 is 0. The molecule has 2 amide bonds. The van der Waals surface area contributed by atoms with Crippen LogP contribution >= 0.6 is 0 Å². The highest BCUT2D eigenvalue weighted by Gasteiger charge is 2.33. The summed E-state index contributed by atoms with van der Waals surface area (Å²) in [5.41, 5.74) is -0.524. The molecule has 0 saturated heterocycles. The molecule has 2 N–H and O–H groups in total. The second-order valence-corrected chi connectivity index (χ2v) is 6.68. The van der Waals surface area contributed by atoms with Crippen LogP contribution in [0.25, 0.3) is 0 Å². The number of nitrogens with zero attached hydrogens (tertiary/aromatic N) is 1. The topological polar surface area (TPSA) is 69.6 Å². The van der Waals surface area contributed by atoms with E-state index in [1.807, 2.05) is 6.92 Å². The number of aliphatic carboxylic acids is 1. The van der Waals surface area contributed by atoms with E-state index < -0.39 is 17.4 Å². The van der Waals surface area contributed by atoms with Gasteiger partial charge in [0.15, 0.2) is 0 Å². The van der Waals surface area contributed by atoms with Gasteiger partial charge in [-0.3, -0.25) is 0 Å². The number of urea groups is 1. The van der Waals surface area contributed by atoms with Gasteiger partial charge in [0, 0.05) is 13.1 Å². The molecule has 0 aliphatic heterocycles. The predicted molar refractivity (Wildman–Crippen MR) is 76.1 cm³/mol. The van der Waals surface area contributed by atoms with Crippen molar-refractivity contribution in [1.29, 1.82) is 0 Å². The number of hydrogen-bond donors (Lipinski definition) is 2. The van der Waals surface area contributed by atoms with E-state index in [0.29, 0.717) is 5.92 Å². The summed E-state index contributed by atoms with van der Waals surface area (Å²) in [6.45, 7) is 11.5. The van der Waals surface area contributed by atoms with Crippen molar-refractivity contribution in [3.8, 4) is 0 Å². The van der Waals surface area contributed by atoms with Gasteiger partial charge >= 0.3 is 12.0 Å². The summed E-state index contributed by atoms with van der Waals surface area (Å²) >= 11 is 0. The molecule has 0 radical (unpaired) electrons. The van der Waals surface area contributed by atoms with E-state index in [-0.39, 0.29) is 12.1 Å². The van der Waals surface area contributed by atoms with Crippen molar-refractivity contribution in [2.24, 2.45) is 11.3 Å². The maximum absolute atomic E-state index is 12.1. The number of carbonyl (C=O) groups is 2. The Balaban J connectivity index is 4.70. The van der Waals surface area contributed by atoms with Gasteiger partial charge < -0.3 is 15.3 Å². The van der Waals surface area contributed by atoms with Gasteiger partial charge in [0.2, 0.25) is 0 Å². The average Bonchev–Trinajstić information content (AvgIpc) is 2.21. The van der Waals surface area contributed by atoms with Crippen LogP contribution in [0, 0.1) is 11.3 Å². The van der Waals surface area contributed by atoms with Crippen LogP contribution in [-0.2, 0) is 4.79 Å². The van der Waals surface area contributed by atoms with Crippen LogP contribution in [0.1, 0.15) is 48.0 Å². The van der Waals surface area contributed by atoms with Crippen molar-refractivity contribution in [2.75, 3.05) is 7.05 Å². The summed E-state index contributed by atoms with van der Waals surface area (Å²) in [7, 11) is 1.70. The van der Waals surface area contributed by atoms with Crippen molar-refractivity contribution in [1.82, 2.24) is 10.2 Å². The highest BCUT2D eigenvalue weighted by atomic mass is 16.4. The third-order valence-corrected chi connectivity index (χ3v) is 3.17. The third kappa shape index (κ3) is 5.94. The fourth-order valence-corrected chi connectivity index (χ4v) is 1.91. The molecule has 1 unspecified atom stereocenters. The van der Waals surface area contributed by atoms with Gasteiger partial charge in [0.25, 0.3) is 0 Å². The summed E-state index contributed by atoms with van der Waals surface area (Å²) in [5.74, 6) is -0.520. The molecule has 0 rings (SSSR count). The van der Waals surface area contributed by atoms with Crippen LogP contribution in [0.2, 0.25) is 0 Å². The van der Waals surface area contributed by atoms with Gasteiger partial charge in [-0.2, -0.15) is 0 Å². The molecular formula is C14H28N2O3. The molecule has 19 heavy (non-hydrogen) atoms. The Bertz CT molecular complexity index is 321. The third-order valence-electron chi connectivity index (χ3n) is 3.17. The smallest absolute Gasteiger partial charge is 0.326 e. The molecule has 5 nitrogen and oxygen atoms in total. The Kier molecular flexibility index (Phi) is 6.33.